The molecule has 0 aromatic carbocycles. The maximum absolute atomic E-state index is 12.2. The molecule has 0 bridgehead atoms. The average molecular weight is 488 g/mol. The van der Waals surface area contributed by atoms with Crippen LogP contribution < -0.4 is 11.3 Å². The highest BCUT2D eigenvalue weighted by molar-refractivity contribution is 9.10. The SMILES string of the molecule is CC(=O)OC[C@H]1O[C@@H](n2c(Br)nc3c(=O)[nH]c(N)nc32)[C@@H](OC(C)=O)[C@@H]1OC(C)=O. The Balaban J connectivity index is 2.11. The number of nitrogens with one attached hydrogen (secondary N) is 1. The Labute approximate surface area is 177 Å². The number of H-pyrrole nitrogens is 1. The van der Waals surface area contributed by atoms with E-state index in [1.807, 2.05) is 0 Å². The number of nitrogens with zero attached hydrogens (tertiary/aromatic N) is 3. The second-order valence-electron chi connectivity index (χ2n) is 6.39. The summed E-state index contributed by atoms with van der Waals surface area (Å²) < 4.78 is 23.0. The summed E-state index contributed by atoms with van der Waals surface area (Å²) in [5.74, 6) is -2.09. The van der Waals surface area contributed by atoms with Crippen molar-refractivity contribution in [2.45, 2.75) is 45.3 Å². The first-order valence-electron chi connectivity index (χ1n) is 8.65. The molecule has 0 saturated carbocycles. The summed E-state index contributed by atoms with van der Waals surface area (Å²) in [5, 5.41) is 0. The molecule has 0 amide bonds. The molecule has 13 nitrogen and oxygen atoms in total. The van der Waals surface area contributed by atoms with Gasteiger partial charge >= 0.3 is 17.9 Å². The predicted molar refractivity (Wildman–Crippen MR) is 102 cm³/mol. The van der Waals surface area contributed by atoms with E-state index >= 15 is 0 Å². The number of nitrogen functional groups attached to an aromatic ring is 1. The molecule has 162 valence electrons. The topological polar surface area (TPSA) is 178 Å². The lowest BCUT2D eigenvalue weighted by atomic mass is 10.1. The van der Waals surface area contributed by atoms with Gasteiger partial charge in [0.25, 0.3) is 5.56 Å². The molecule has 0 unspecified atom stereocenters. The standard InChI is InChI=1S/C16H18BrN5O8/c1-5(23)27-4-8-10(28-6(2)24)11(29-7(3)25)14(30-8)22-12-9(19-15(22)17)13(26)21-16(18)20-12/h8,10-11,14H,4H2,1-3H3,(H3,18,20,21,26)/t8-,10-,11+,14-/m1/s1. The van der Waals surface area contributed by atoms with Crippen LogP contribution in [0.4, 0.5) is 5.95 Å². The van der Waals surface area contributed by atoms with Crippen molar-refractivity contribution in [1.29, 1.82) is 0 Å². The van der Waals surface area contributed by atoms with E-state index in [0.717, 1.165) is 0 Å². The number of carbonyl (C=O) groups is 3. The number of halogens is 1. The number of esters is 3. The van der Waals surface area contributed by atoms with Gasteiger partial charge in [0.05, 0.1) is 0 Å². The molecule has 30 heavy (non-hydrogen) atoms. The number of rotatable bonds is 5. The summed E-state index contributed by atoms with van der Waals surface area (Å²) in [7, 11) is 0. The predicted octanol–water partition coefficient (Wildman–Crippen LogP) is -0.212. The highest BCUT2D eigenvalue weighted by Gasteiger charge is 2.51. The summed E-state index contributed by atoms with van der Waals surface area (Å²) in [6, 6.07) is 0. The fraction of sp³-hybridized carbons (Fsp3) is 0.500. The van der Waals surface area contributed by atoms with Crippen LogP contribution in [0.5, 0.6) is 0 Å². The number of aromatic nitrogens is 4. The second-order valence-corrected chi connectivity index (χ2v) is 7.10. The molecule has 0 aliphatic carbocycles. The lowest BCUT2D eigenvalue weighted by Gasteiger charge is -2.24. The summed E-state index contributed by atoms with van der Waals surface area (Å²) >= 11 is 3.23. The fourth-order valence-electron chi connectivity index (χ4n) is 3.10. The van der Waals surface area contributed by atoms with E-state index in [0.29, 0.717) is 0 Å². The van der Waals surface area contributed by atoms with E-state index in [9.17, 15) is 19.2 Å². The summed E-state index contributed by atoms with van der Waals surface area (Å²) in [6.45, 7) is 3.27. The van der Waals surface area contributed by atoms with Crippen molar-refractivity contribution in [1.82, 2.24) is 19.5 Å². The molecule has 2 aromatic heterocycles. The Morgan fingerprint density at radius 3 is 2.37 bits per heavy atom. The third-order valence-corrected chi connectivity index (χ3v) is 4.68. The van der Waals surface area contributed by atoms with Gasteiger partial charge < -0.3 is 24.7 Å². The van der Waals surface area contributed by atoms with Crippen LogP contribution in [0.25, 0.3) is 11.2 Å². The molecule has 2 aromatic rings. The maximum Gasteiger partial charge on any atom is 0.303 e. The third-order valence-electron chi connectivity index (χ3n) is 4.12. The van der Waals surface area contributed by atoms with Crippen LogP contribution in [-0.2, 0) is 33.3 Å². The van der Waals surface area contributed by atoms with Gasteiger partial charge in [-0.05, 0) is 15.9 Å². The van der Waals surface area contributed by atoms with Gasteiger partial charge in [-0.3, -0.25) is 28.7 Å². The number of hydrogen-bond acceptors (Lipinski definition) is 11. The Bertz CT molecular complexity index is 1070. The van der Waals surface area contributed by atoms with E-state index < -0.39 is 48.0 Å². The minimum absolute atomic E-state index is 0.0417. The van der Waals surface area contributed by atoms with Crippen molar-refractivity contribution in [3.05, 3.63) is 15.1 Å². The van der Waals surface area contributed by atoms with E-state index in [4.69, 9.17) is 24.7 Å². The van der Waals surface area contributed by atoms with Crippen molar-refractivity contribution in [3.8, 4) is 0 Å². The Morgan fingerprint density at radius 2 is 1.77 bits per heavy atom. The van der Waals surface area contributed by atoms with Crippen molar-refractivity contribution >= 4 is 51.0 Å². The fourth-order valence-corrected chi connectivity index (χ4v) is 3.65. The van der Waals surface area contributed by atoms with Crippen molar-refractivity contribution in [2.75, 3.05) is 12.3 Å². The molecule has 1 aliphatic heterocycles. The van der Waals surface area contributed by atoms with Crippen molar-refractivity contribution < 1.29 is 33.3 Å². The number of fused-ring (bicyclic) bond motifs is 1. The zero-order valence-corrected chi connectivity index (χ0v) is 17.7. The molecule has 1 saturated heterocycles. The quantitative estimate of drug-likeness (QED) is 0.323. The van der Waals surface area contributed by atoms with Crippen molar-refractivity contribution in [3.63, 3.8) is 0 Å². The average Bonchev–Trinajstić information content (AvgIpc) is 3.10. The zero-order chi connectivity index (χ0) is 22.2. The first kappa shape index (κ1) is 21.7. The smallest absolute Gasteiger partial charge is 0.303 e. The van der Waals surface area contributed by atoms with Gasteiger partial charge in [-0.2, -0.15) is 4.98 Å². The number of imidazole rings is 1. The molecule has 0 spiro atoms. The summed E-state index contributed by atoms with van der Waals surface area (Å²) in [6.07, 6.45) is -4.38. The Kier molecular flexibility index (Phi) is 6.07. The normalized spacial score (nSPS) is 23.3. The number of anilines is 1. The molecule has 1 fully saturated rings. The lowest BCUT2D eigenvalue weighted by molar-refractivity contribution is -0.166. The largest absolute Gasteiger partial charge is 0.463 e. The molecule has 0 radical (unpaired) electrons. The summed E-state index contributed by atoms with van der Waals surface area (Å²) in [5.41, 5.74) is 5.05. The highest BCUT2D eigenvalue weighted by Crippen LogP contribution is 2.37. The van der Waals surface area contributed by atoms with Crippen LogP contribution in [0, 0.1) is 0 Å². The van der Waals surface area contributed by atoms with Crippen LogP contribution in [0.3, 0.4) is 0 Å². The Hall–Kier alpha value is -3.00. The Morgan fingerprint density at radius 1 is 1.13 bits per heavy atom. The van der Waals surface area contributed by atoms with Gasteiger partial charge in [0.1, 0.15) is 12.7 Å². The van der Waals surface area contributed by atoms with Gasteiger partial charge in [-0.25, -0.2) is 4.98 Å². The van der Waals surface area contributed by atoms with E-state index in [-0.39, 0.29) is 28.5 Å². The first-order chi connectivity index (χ1) is 14.1. The van der Waals surface area contributed by atoms with Crippen LogP contribution in [0.15, 0.2) is 9.53 Å². The third kappa shape index (κ3) is 4.28. The summed E-state index contributed by atoms with van der Waals surface area (Å²) in [4.78, 5) is 57.3. The van der Waals surface area contributed by atoms with Gasteiger partial charge in [-0.1, -0.05) is 0 Å². The molecule has 3 rings (SSSR count). The maximum atomic E-state index is 12.2. The van der Waals surface area contributed by atoms with E-state index in [2.05, 4.69) is 30.9 Å². The van der Waals surface area contributed by atoms with Crippen LogP contribution in [0.2, 0.25) is 0 Å². The van der Waals surface area contributed by atoms with Gasteiger partial charge in [0.2, 0.25) is 5.95 Å². The highest BCUT2D eigenvalue weighted by atomic mass is 79.9. The second kappa shape index (κ2) is 8.39. The van der Waals surface area contributed by atoms with Crippen LogP contribution in [-0.4, -0.2) is 62.3 Å². The number of carbonyl (C=O) groups excluding carboxylic acids is 3. The molecule has 14 heteroatoms. The number of nitrogens with two attached hydrogens (primary N) is 1. The minimum atomic E-state index is -1.16. The van der Waals surface area contributed by atoms with Gasteiger partial charge in [-0.15, -0.1) is 0 Å². The van der Waals surface area contributed by atoms with E-state index in [1.165, 1.54) is 25.3 Å². The van der Waals surface area contributed by atoms with Crippen LogP contribution >= 0.6 is 15.9 Å². The molecule has 3 heterocycles. The van der Waals surface area contributed by atoms with Crippen molar-refractivity contribution in [2.24, 2.45) is 0 Å². The number of hydrogen-bond donors (Lipinski definition) is 2. The monoisotopic (exact) mass is 487 g/mol. The number of ether oxygens (including phenoxy) is 4. The first-order valence-corrected chi connectivity index (χ1v) is 9.44. The molecule has 4 atom stereocenters. The van der Waals surface area contributed by atoms with Gasteiger partial charge in [0, 0.05) is 20.8 Å². The molecule has 1 aliphatic rings. The van der Waals surface area contributed by atoms with E-state index in [1.54, 1.807) is 0 Å². The molecular formula is C16H18BrN5O8. The zero-order valence-electron chi connectivity index (χ0n) is 16.1. The molecular weight excluding hydrogens is 470 g/mol. The lowest BCUT2D eigenvalue weighted by Crippen LogP contribution is -2.40. The van der Waals surface area contributed by atoms with Crippen LogP contribution in [0.1, 0.15) is 27.0 Å². The molecule has 3 N–H and O–H groups in total. The number of aromatic amines is 1. The minimum Gasteiger partial charge on any atom is -0.463 e. The van der Waals surface area contributed by atoms with Gasteiger partial charge in [0.15, 0.2) is 34.3 Å².